The molecule has 1 fully saturated rings. The van der Waals surface area contributed by atoms with Gasteiger partial charge in [-0.1, -0.05) is 6.92 Å². The molecule has 0 atom stereocenters. The third-order valence-corrected chi connectivity index (χ3v) is 3.41. The van der Waals surface area contributed by atoms with Crippen LogP contribution in [0.2, 0.25) is 0 Å². The smallest absolute Gasteiger partial charge is 0.241 e. The average molecular weight is 229 g/mol. The van der Waals surface area contributed by atoms with Crippen LogP contribution in [0.5, 0.6) is 0 Å². The lowest BCUT2D eigenvalue weighted by Crippen LogP contribution is -2.13. The predicted octanol–water partition coefficient (Wildman–Crippen LogP) is 0.818. The molecular formula is C9H15N3O2S. The van der Waals surface area contributed by atoms with E-state index in [1.165, 1.54) is 0 Å². The van der Waals surface area contributed by atoms with E-state index in [9.17, 15) is 8.42 Å². The zero-order valence-corrected chi connectivity index (χ0v) is 9.50. The molecule has 0 amide bonds. The second-order valence-corrected chi connectivity index (χ2v) is 5.49. The first-order valence-corrected chi connectivity index (χ1v) is 6.67. The Hall–Kier alpha value is -0.880. The molecule has 0 aliphatic heterocycles. The number of aromatic nitrogens is 2. The SMILES string of the molecule is CCCn1cc(S(N)(=O)=O)c(C2CC2)n1. The molecule has 0 spiro atoms. The van der Waals surface area contributed by atoms with Gasteiger partial charge in [0.15, 0.2) is 0 Å². The van der Waals surface area contributed by atoms with Gasteiger partial charge in [0.1, 0.15) is 4.90 Å². The lowest BCUT2D eigenvalue weighted by Gasteiger charge is -1.95. The van der Waals surface area contributed by atoms with Crippen LogP contribution in [0, 0.1) is 0 Å². The van der Waals surface area contributed by atoms with Crippen LogP contribution in [0.15, 0.2) is 11.1 Å². The van der Waals surface area contributed by atoms with Crippen molar-refractivity contribution in [2.45, 2.75) is 43.5 Å². The summed E-state index contributed by atoms with van der Waals surface area (Å²) in [6.45, 7) is 2.75. The number of hydrogen-bond acceptors (Lipinski definition) is 3. The summed E-state index contributed by atoms with van der Waals surface area (Å²) in [6.07, 6.45) is 4.51. The first-order valence-electron chi connectivity index (χ1n) is 5.12. The van der Waals surface area contributed by atoms with E-state index < -0.39 is 10.0 Å². The average Bonchev–Trinajstić information content (AvgIpc) is 2.87. The fourth-order valence-electron chi connectivity index (χ4n) is 1.62. The van der Waals surface area contributed by atoms with Gasteiger partial charge in [-0.25, -0.2) is 13.6 Å². The molecule has 15 heavy (non-hydrogen) atoms. The van der Waals surface area contributed by atoms with Crippen molar-refractivity contribution >= 4 is 10.0 Å². The minimum atomic E-state index is -3.62. The molecule has 2 N–H and O–H groups in total. The van der Waals surface area contributed by atoms with Crippen LogP contribution in [0.1, 0.15) is 37.8 Å². The largest absolute Gasteiger partial charge is 0.271 e. The van der Waals surface area contributed by atoms with Crippen LogP contribution in [-0.2, 0) is 16.6 Å². The monoisotopic (exact) mass is 229 g/mol. The Morgan fingerprint density at radius 3 is 2.73 bits per heavy atom. The van der Waals surface area contributed by atoms with Gasteiger partial charge >= 0.3 is 0 Å². The molecular weight excluding hydrogens is 214 g/mol. The third kappa shape index (κ3) is 2.21. The number of nitrogens with two attached hydrogens (primary N) is 1. The number of sulfonamides is 1. The van der Waals surface area contributed by atoms with Crippen molar-refractivity contribution in [3.8, 4) is 0 Å². The van der Waals surface area contributed by atoms with Crippen LogP contribution in [0.25, 0.3) is 0 Å². The molecule has 1 saturated carbocycles. The van der Waals surface area contributed by atoms with Gasteiger partial charge in [0, 0.05) is 18.7 Å². The van der Waals surface area contributed by atoms with E-state index in [0.717, 1.165) is 25.8 Å². The first-order chi connectivity index (χ1) is 7.02. The summed E-state index contributed by atoms with van der Waals surface area (Å²) >= 11 is 0. The van der Waals surface area contributed by atoms with Crippen molar-refractivity contribution in [2.24, 2.45) is 5.14 Å². The van der Waals surface area contributed by atoms with E-state index >= 15 is 0 Å². The van der Waals surface area contributed by atoms with Gasteiger partial charge in [-0.2, -0.15) is 5.10 Å². The Kier molecular flexibility index (Phi) is 2.56. The maximum absolute atomic E-state index is 11.3. The lowest BCUT2D eigenvalue weighted by atomic mass is 10.3. The van der Waals surface area contributed by atoms with Gasteiger partial charge in [0.25, 0.3) is 0 Å². The minimum Gasteiger partial charge on any atom is -0.271 e. The number of primary sulfonamides is 1. The van der Waals surface area contributed by atoms with Gasteiger partial charge < -0.3 is 0 Å². The van der Waals surface area contributed by atoms with E-state index in [1.54, 1.807) is 10.9 Å². The minimum absolute atomic E-state index is 0.207. The Morgan fingerprint density at radius 1 is 1.60 bits per heavy atom. The molecule has 84 valence electrons. The summed E-state index contributed by atoms with van der Waals surface area (Å²) in [7, 11) is -3.62. The maximum Gasteiger partial charge on any atom is 0.241 e. The number of hydrogen-bond donors (Lipinski definition) is 1. The van der Waals surface area contributed by atoms with E-state index in [2.05, 4.69) is 5.10 Å². The second-order valence-electron chi connectivity index (χ2n) is 3.96. The number of aryl methyl sites for hydroxylation is 1. The van der Waals surface area contributed by atoms with Crippen LogP contribution >= 0.6 is 0 Å². The Bertz CT molecular complexity index is 460. The highest BCUT2D eigenvalue weighted by molar-refractivity contribution is 7.89. The molecule has 1 aromatic heterocycles. The molecule has 6 heteroatoms. The van der Waals surface area contributed by atoms with Crippen LogP contribution in [0.3, 0.4) is 0 Å². The van der Waals surface area contributed by atoms with Crippen molar-refractivity contribution in [3.05, 3.63) is 11.9 Å². The van der Waals surface area contributed by atoms with Gasteiger partial charge in [0.2, 0.25) is 10.0 Å². The summed E-state index contributed by atoms with van der Waals surface area (Å²) in [5.74, 6) is 0.302. The Balaban J connectivity index is 2.42. The Morgan fingerprint density at radius 2 is 2.27 bits per heavy atom. The summed E-state index contributed by atoms with van der Waals surface area (Å²) in [5.41, 5.74) is 0.658. The van der Waals surface area contributed by atoms with Gasteiger partial charge in [-0.3, -0.25) is 4.68 Å². The highest BCUT2D eigenvalue weighted by Crippen LogP contribution is 2.41. The van der Waals surface area contributed by atoms with Crippen molar-refractivity contribution in [3.63, 3.8) is 0 Å². The van der Waals surface area contributed by atoms with Crippen LogP contribution in [-0.4, -0.2) is 18.2 Å². The van der Waals surface area contributed by atoms with E-state index in [-0.39, 0.29) is 4.90 Å². The molecule has 5 nitrogen and oxygen atoms in total. The van der Waals surface area contributed by atoms with Crippen LogP contribution in [0.4, 0.5) is 0 Å². The summed E-state index contributed by atoms with van der Waals surface area (Å²) in [6, 6.07) is 0. The van der Waals surface area contributed by atoms with E-state index in [0.29, 0.717) is 11.6 Å². The molecule has 0 radical (unpaired) electrons. The lowest BCUT2D eigenvalue weighted by molar-refractivity contribution is 0.591. The highest BCUT2D eigenvalue weighted by Gasteiger charge is 2.32. The maximum atomic E-state index is 11.3. The quantitative estimate of drug-likeness (QED) is 0.830. The second kappa shape index (κ2) is 3.61. The van der Waals surface area contributed by atoms with Crippen LogP contribution < -0.4 is 5.14 Å². The zero-order chi connectivity index (χ0) is 11.1. The third-order valence-electron chi connectivity index (χ3n) is 2.48. The predicted molar refractivity (Wildman–Crippen MR) is 55.9 cm³/mol. The standard InChI is InChI=1S/C9H15N3O2S/c1-2-5-12-6-8(15(10,13)14)9(11-12)7-3-4-7/h6-7H,2-5H2,1H3,(H2,10,13,14). The molecule has 0 bridgehead atoms. The van der Waals surface area contributed by atoms with Gasteiger partial charge in [-0.05, 0) is 19.3 Å². The molecule has 1 aliphatic rings. The Labute approximate surface area is 89.3 Å². The zero-order valence-electron chi connectivity index (χ0n) is 8.68. The van der Waals surface area contributed by atoms with Gasteiger partial charge in [-0.15, -0.1) is 0 Å². The van der Waals surface area contributed by atoms with Gasteiger partial charge in [0.05, 0.1) is 5.69 Å². The highest BCUT2D eigenvalue weighted by atomic mass is 32.2. The fraction of sp³-hybridized carbons (Fsp3) is 0.667. The van der Waals surface area contributed by atoms with Crippen molar-refractivity contribution < 1.29 is 8.42 Å². The van der Waals surface area contributed by atoms with E-state index in [1.807, 2.05) is 6.92 Å². The molecule has 0 aromatic carbocycles. The van der Waals surface area contributed by atoms with Crippen molar-refractivity contribution in [2.75, 3.05) is 0 Å². The number of rotatable bonds is 4. The van der Waals surface area contributed by atoms with Crippen molar-refractivity contribution in [1.29, 1.82) is 0 Å². The van der Waals surface area contributed by atoms with Crippen molar-refractivity contribution in [1.82, 2.24) is 9.78 Å². The van der Waals surface area contributed by atoms with E-state index in [4.69, 9.17) is 5.14 Å². The molecule has 1 heterocycles. The molecule has 0 saturated heterocycles. The first kappa shape index (κ1) is 10.6. The molecule has 1 aromatic rings. The summed E-state index contributed by atoms with van der Waals surface area (Å²) < 4.78 is 24.3. The molecule has 0 unspecified atom stereocenters. The fourth-order valence-corrected chi connectivity index (χ4v) is 2.39. The molecule has 1 aliphatic carbocycles. The topological polar surface area (TPSA) is 78.0 Å². The molecule has 2 rings (SSSR count). The normalized spacial score (nSPS) is 16.9. The summed E-state index contributed by atoms with van der Waals surface area (Å²) in [4.78, 5) is 0.207. The summed E-state index contributed by atoms with van der Waals surface area (Å²) in [5, 5.41) is 9.44. The number of nitrogens with zero attached hydrogens (tertiary/aromatic N) is 2.